The number of ether oxygens (including phenoxy) is 2. The number of amides is 3. The van der Waals surface area contributed by atoms with Gasteiger partial charge in [0.05, 0.1) is 13.2 Å². The molecule has 2 aliphatic rings. The first-order valence-electron chi connectivity index (χ1n) is 15.6. The summed E-state index contributed by atoms with van der Waals surface area (Å²) < 4.78 is 10.8. The SMILES string of the molecule is COc1cccc2[nH]c(C(=O)N[C@@H](CC(C)C)C(=O)NC(C)(C[C@@H]3CCCNC3=O)C(=O)COC(=O)C3(C#N)CCCC3)cc12. The van der Waals surface area contributed by atoms with Gasteiger partial charge in [-0.2, -0.15) is 5.26 Å². The van der Waals surface area contributed by atoms with Crippen LogP contribution in [0.2, 0.25) is 0 Å². The number of aromatic amines is 1. The maximum Gasteiger partial charge on any atom is 0.326 e. The first-order chi connectivity index (χ1) is 21.4. The van der Waals surface area contributed by atoms with E-state index in [1.165, 1.54) is 14.0 Å². The molecule has 1 aromatic carbocycles. The molecule has 3 atom stereocenters. The van der Waals surface area contributed by atoms with Crippen molar-refractivity contribution in [3.05, 3.63) is 30.0 Å². The van der Waals surface area contributed by atoms with Crippen molar-refractivity contribution in [1.29, 1.82) is 5.26 Å². The number of carbonyl (C=O) groups excluding carboxylic acids is 5. The predicted octanol–water partition coefficient (Wildman–Crippen LogP) is 3.31. The Morgan fingerprint density at radius 2 is 1.91 bits per heavy atom. The number of nitrogens with zero attached hydrogens (tertiary/aromatic N) is 1. The third-order valence-corrected chi connectivity index (χ3v) is 8.88. The van der Waals surface area contributed by atoms with Gasteiger partial charge in [0.15, 0.2) is 17.8 Å². The molecule has 1 aliphatic carbocycles. The zero-order valence-electron chi connectivity index (χ0n) is 26.4. The van der Waals surface area contributed by atoms with Crippen LogP contribution < -0.4 is 20.7 Å². The molecule has 0 radical (unpaired) electrons. The quantitative estimate of drug-likeness (QED) is 0.246. The van der Waals surface area contributed by atoms with E-state index in [1.807, 2.05) is 19.9 Å². The third kappa shape index (κ3) is 7.64. The third-order valence-electron chi connectivity index (χ3n) is 8.88. The van der Waals surface area contributed by atoms with Crippen molar-refractivity contribution in [2.24, 2.45) is 17.3 Å². The van der Waals surface area contributed by atoms with E-state index in [4.69, 9.17) is 9.47 Å². The zero-order chi connectivity index (χ0) is 32.8. The van der Waals surface area contributed by atoms with Crippen LogP contribution in [0.4, 0.5) is 0 Å². The van der Waals surface area contributed by atoms with Gasteiger partial charge in [-0.3, -0.25) is 24.0 Å². The highest BCUT2D eigenvalue weighted by Crippen LogP contribution is 2.38. The topological polar surface area (TPSA) is 179 Å². The Morgan fingerprint density at radius 1 is 1.18 bits per heavy atom. The molecule has 2 heterocycles. The monoisotopic (exact) mass is 621 g/mol. The van der Waals surface area contributed by atoms with Crippen LogP contribution >= 0.6 is 0 Å². The van der Waals surface area contributed by atoms with Crippen LogP contribution in [-0.2, 0) is 23.9 Å². The number of esters is 1. The highest BCUT2D eigenvalue weighted by atomic mass is 16.5. The number of benzene rings is 1. The Hall–Kier alpha value is -4.40. The summed E-state index contributed by atoms with van der Waals surface area (Å²) >= 11 is 0. The second kappa shape index (κ2) is 14.1. The Kier molecular flexibility index (Phi) is 10.5. The summed E-state index contributed by atoms with van der Waals surface area (Å²) in [6, 6.07) is 8.09. The number of aromatic nitrogens is 1. The fraction of sp³-hybridized carbons (Fsp3) is 0.576. The van der Waals surface area contributed by atoms with Crippen molar-refractivity contribution in [2.45, 2.75) is 83.7 Å². The highest BCUT2D eigenvalue weighted by molar-refractivity contribution is 6.02. The number of hydrogen-bond acceptors (Lipinski definition) is 8. The molecule has 12 heteroatoms. The fourth-order valence-corrected chi connectivity index (χ4v) is 6.25. The van der Waals surface area contributed by atoms with Crippen molar-refractivity contribution in [3.63, 3.8) is 0 Å². The Balaban J connectivity index is 1.54. The maximum atomic E-state index is 13.8. The molecular weight excluding hydrogens is 578 g/mol. The molecule has 3 amide bonds. The van der Waals surface area contributed by atoms with Crippen LogP contribution in [-0.4, -0.2) is 66.3 Å². The van der Waals surface area contributed by atoms with Crippen LogP contribution in [0.25, 0.3) is 10.9 Å². The van der Waals surface area contributed by atoms with Gasteiger partial charge in [0, 0.05) is 23.4 Å². The number of nitriles is 1. The van der Waals surface area contributed by atoms with Gasteiger partial charge in [0.1, 0.15) is 23.0 Å². The lowest BCUT2D eigenvalue weighted by molar-refractivity contribution is -0.157. The molecule has 0 bridgehead atoms. The standard InChI is InChI=1S/C33H43N5O7/c1-20(2)15-24(37-29(41)25-16-22-23(36-25)10-7-11-26(22)44-4)30(42)38-32(3,17-21-9-8-14-35-28(21)40)27(39)18-45-31(43)33(19-34)12-5-6-13-33/h7,10-11,16,20-21,24,36H,5-6,8-9,12-15,17-18H2,1-4H3,(H,35,40)(H,37,41)(H,38,42)/t21-,24-,32?/m0/s1. The van der Waals surface area contributed by atoms with Crippen molar-refractivity contribution in [1.82, 2.24) is 20.9 Å². The average molecular weight is 622 g/mol. The van der Waals surface area contributed by atoms with E-state index in [0.29, 0.717) is 42.5 Å². The molecule has 2 fully saturated rings. The van der Waals surface area contributed by atoms with E-state index >= 15 is 0 Å². The molecule has 4 rings (SSSR count). The van der Waals surface area contributed by atoms with Crippen molar-refractivity contribution < 1.29 is 33.4 Å². The average Bonchev–Trinajstić information content (AvgIpc) is 3.68. The summed E-state index contributed by atoms with van der Waals surface area (Å²) in [4.78, 5) is 69.6. The normalized spacial score (nSPS) is 19.6. The number of nitrogens with one attached hydrogen (secondary N) is 4. The molecule has 1 saturated carbocycles. The minimum Gasteiger partial charge on any atom is -0.496 e. The Labute approximate surface area is 263 Å². The van der Waals surface area contributed by atoms with E-state index in [0.717, 1.165) is 19.3 Å². The van der Waals surface area contributed by atoms with Gasteiger partial charge in [-0.15, -0.1) is 0 Å². The van der Waals surface area contributed by atoms with Crippen molar-refractivity contribution >= 4 is 40.4 Å². The molecule has 4 N–H and O–H groups in total. The molecule has 1 unspecified atom stereocenters. The second-order valence-corrected chi connectivity index (χ2v) is 12.8. The molecule has 0 spiro atoms. The summed E-state index contributed by atoms with van der Waals surface area (Å²) in [6.07, 6.45) is 3.67. The number of rotatable bonds is 13. The number of carbonyl (C=O) groups is 5. The van der Waals surface area contributed by atoms with E-state index in [1.54, 1.807) is 18.2 Å². The van der Waals surface area contributed by atoms with Gasteiger partial charge in [0.2, 0.25) is 11.8 Å². The van der Waals surface area contributed by atoms with Crippen molar-refractivity contribution in [3.8, 4) is 11.8 Å². The minimum atomic E-state index is -1.60. The van der Waals surface area contributed by atoms with Crippen molar-refractivity contribution in [2.75, 3.05) is 20.3 Å². The summed E-state index contributed by atoms with van der Waals surface area (Å²) in [7, 11) is 1.54. The van der Waals surface area contributed by atoms with Gasteiger partial charge in [-0.25, -0.2) is 0 Å². The van der Waals surface area contributed by atoms with E-state index in [-0.39, 0.29) is 30.4 Å². The molecule has 1 aromatic heterocycles. The van der Waals surface area contributed by atoms with E-state index < -0.39 is 53.1 Å². The number of Topliss-reactive ketones (excluding diaryl/α,β-unsaturated/α-hetero) is 1. The van der Waals surface area contributed by atoms with Gasteiger partial charge < -0.3 is 30.4 Å². The molecule has 1 aliphatic heterocycles. The number of piperidine rings is 1. The maximum absolute atomic E-state index is 13.8. The second-order valence-electron chi connectivity index (χ2n) is 12.8. The lowest BCUT2D eigenvalue weighted by Gasteiger charge is -2.35. The summed E-state index contributed by atoms with van der Waals surface area (Å²) in [5.41, 5.74) is -1.94. The Bertz CT molecular complexity index is 1490. The first kappa shape index (κ1) is 33.5. The minimum absolute atomic E-state index is 0.00414. The smallest absolute Gasteiger partial charge is 0.326 e. The molecule has 12 nitrogen and oxygen atoms in total. The molecule has 1 saturated heterocycles. The predicted molar refractivity (Wildman–Crippen MR) is 165 cm³/mol. The molecule has 2 aromatic rings. The molecular formula is C33H43N5O7. The summed E-state index contributed by atoms with van der Waals surface area (Å²) in [5.74, 6) is -2.65. The van der Waals surface area contributed by atoms with Crippen LogP contribution in [0.1, 0.15) is 82.6 Å². The first-order valence-corrected chi connectivity index (χ1v) is 15.6. The van der Waals surface area contributed by atoms with E-state index in [2.05, 4.69) is 27.0 Å². The lowest BCUT2D eigenvalue weighted by atomic mass is 9.81. The van der Waals surface area contributed by atoms with Crippen LogP contribution in [0, 0.1) is 28.6 Å². The van der Waals surface area contributed by atoms with Gasteiger partial charge >= 0.3 is 5.97 Å². The Morgan fingerprint density at radius 3 is 2.56 bits per heavy atom. The van der Waals surface area contributed by atoms with Crippen LogP contribution in [0.5, 0.6) is 5.75 Å². The summed E-state index contributed by atoms with van der Waals surface area (Å²) in [6.45, 7) is 5.19. The van der Waals surface area contributed by atoms with Gasteiger partial charge in [-0.1, -0.05) is 32.8 Å². The fourth-order valence-electron chi connectivity index (χ4n) is 6.25. The number of ketones is 1. The number of H-pyrrole nitrogens is 1. The van der Waals surface area contributed by atoms with E-state index in [9.17, 15) is 29.2 Å². The van der Waals surface area contributed by atoms with Crippen LogP contribution in [0.15, 0.2) is 24.3 Å². The van der Waals surface area contributed by atoms with Gasteiger partial charge in [-0.05, 0) is 69.6 Å². The number of methoxy groups -OCH3 is 1. The largest absolute Gasteiger partial charge is 0.496 e. The van der Waals surface area contributed by atoms with Gasteiger partial charge in [0.25, 0.3) is 5.91 Å². The molecule has 242 valence electrons. The highest BCUT2D eigenvalue weighted by Gasteiger charge is 2.45. The van der Waals surface area contributed by atoms with Crippen LogP contribution in [0.3, 0.4) is 0 Å². The zero-order valence-corrected chi connectivity index (χ0v) is 26.4. The lowest BCUT2D eigenvalue weighted by Crippen LogP contribution is -2.60. The molecule has 45 heavy (non-hydrogen) atoms. The number of hydrogen-bond donors (Lipinski definition) is 4. The summed E-state index contributed by atoms with van der Waals surface area (Å²) in [5, 5.41) is 18.8. The number of fused-ring (bicyclic) bond motifs is 1.